The lowest BCUT2D eigenvalue weighted by molar-refractivity contribution is 0.0786. The van der Waals surface area contributed by atoms with Gasteiger partial charge in [0.1, 0.15) is 0 Å². The van der Waals surface area contributed by atoms with Crippen molar-refractivity contribution in [2.24, 2.45) is 5.73 Å². The van der Waals surface area contributed by atoms with E-state index in [1.165, 1.54) is 11.1 Å². The highest BCUT2D eigenvalue weighted by molar-refractivity contribution is 5.26. The molecule has 1 aromatic rings. The third kappa shape index (κ3) is 4.58. The topological polar surface area (TPSA) is 38.5 Å². The fourth-order valence-corrected chi connectivity index (χ4v) is 2.72. The molecule has 0 heterocycles. The van der Waals surface area contributed by atoms with Gasteiger partial charge in [0.05, 0.1) is 6.61 Å². The molecular formula is C17H30N2O. The maximum Gasteiger partial charge on any atom is 0.0590 e. The number of hydrogen-bond donors (Lipinski definition) is 1. The number of benzene rings is 1. The first-order valence-electron chi connectivity index (χ1n) is 7.58. The third-order valence-corrected chi connectivity index (χ3v) is 3.95. The quantitative estimate of drug-likeness (QED) is 0.794. The molecule has 3 unspecified atom stereocenters. The van der Waals surface area contributed by atoms with Crippen molar-refractivity contribution >= 4 is 0 Å². The molecule has 1 aromatic carbocycles. The van der Waals surface area contributed by atoms with Gasteiger partial charge < -0.3 is 10.5 Å². The van der Waals surface area contributed by atoms with E-state index in [0.717, 1.165) is 19.6 Å². The maximum absolute atomic E-state index is 6.30. The SMILES string of the molecule is CCC(C)N(CCOC)C(c1cccc(C)c1)C(C)N. The van der Waals surface area contributed by atoms with Crippen LogP contribution in [0, 0.1) is 6.92 Å². The molecule has 0 aromatic heterocycles. The monoisotopic (exact) mass is 278 g/mol. The van der Waals surface area contributed by atoms with Crippen LogP contribution < -0.4 is 5.73 Å². The van der Waals surface area contributed by atoms with Crippen LogP contribution in [-0.2, 0) is 4.74 Å². The molecule has 0 bridgehead atoms. The van der Waals surface area contributed by atoms with Crippen LogP contribution in [0.2, 0.25) is 0 Å². The Morgan fingerprint density at radius 3 is 2.50 bits per heavy atom. The lowest BCUT2D eigenvalue weighted by Crippen LogP contribution is -2.45. The van der Waals surface area contributed by atoms with Gasteiger partial charge in [0.15, 0.2) is 0 Å². The Kier molecular flexibility index (Phi) is 7.20. The highest BCUT2D eigenvalue weighted by atomic mass is 16.5. The van der Waals surface area contributed by atoms with Crippen LogP contribution in [0.15, 0.2) is 24.3 Å². The maximum atomic E-state index is 6.30. The Morgan fingerprint density at radius 2 is 2.00 bits per heavy atom. The smallest absolute Gasteiger partial charge is 0.0590 e. The van der Waals surface area contributed by atoms with E-state index in [1.54, 1.807) is 7.11 Å². The van der Waals surface area contributed by atoms with Crippen molar-refractivity contribution in [1.29, 1.82) is 0 Å². The van der Waals surface area contributed by atoms with E-state index in [-0.39, 0.29) is 12.1 Å². The molecule has 3 atom stereocenters. The van der Waals surface area contributed by atoms with E-state index in [2.05, 4.69) is 56.9 Å². The zero-order valence-electron chi connectivity index (χ0n) is 13.6. The van der Waals surface area contributed by atoms with Crippen LogP contribution in [0.3, 0.4) is 0 Å². The summed E-state index contributed by atoms with van der Waals surface area (Å²) in [7, 11) is 1.75. The minimum atomic E-state index is 0.0858. The van der Waals surface area contributed by atoms with Crippen molar-refractivity contribution in [2.45, 2.75) is 52.2 Å². The van der Waals surface area contributed by atoms with Gasteiger partial charge in [-0.15, -0.1) is 0 Å². The molecule has 0 aliphatic rings. The number of nitrogens with zero attached hydrogens (tertiary/aromatic N) is 1. The molecular weight excluding hydrogens is 248 g/mol. The predicted octanol–water partition coefficient (Wildman–Crippen LogP) is 3.13. The summed E-state index contributed by atoms with van der Waals surface area (Å²) in [6.45, 7) is 10.4. The van der Waals surface area contributed by atoms with Gasteiger partial charge in [-0.1, -0.05) is 36.8 Å². The molecule has 114 valence electrons. The summed E-state index contributed by atoms with van der Waals surface area (Å²) in [5, 5.41) is 0. The average molecular weight is 278 g/mol. The molecule has 2 N–H and O–H groups in total. The Hall–Kier alpha value is -0.900. The normalized spacial score (nSPS) is 16.1. The Balaban J connectivity index is 3.06. The fraction of sp³-hybridized carbons (Fsp3) is 0.647. The van der Waals surface area contributed by atoms with Gasteiger partial charge in [0.25, 0.3) is 0 Å². The molecule has 0 amide bonds. The summed E-state index contributed by atoms with van der Waals surface area (Å²) in [6.07, 6.45) is 1.11. The molecule has 1 rings (SSSR count). The lowest BCUT2D eigenvalue weighted by atomic mass is 9.96. The molecule has 20 heavy (non-hydrogen) atoms. The second-order valence-corrected chi connectivity index (χ2v) is 5.71. The predicted molar refractivity (Wildman–Crippen MR) is 85.9 cm³/mol. The summed E-state index contributed by atoms with van der Waals surface area (Å²) in [6, 6.07) is 9.49. The molecule has 0 aliphatic carbocycles. The van der Waals surface area contributed by atoms with Crippen molar-refractivity contribution < 1.29 is 4.74 Å². The number of methoxy groups -OCH3 is 1. The van der Waals surface area contributed by atoms with Crippen molar-refractivity contribution in [2.75, 3.05) is 20.3 Å². The first-order valence-corrected chi connectivity index (χ1v) is 7.58. The lowest BCUT2D eigenvalue weighted by Gasteiger charge is -2.38. The van der Waals surface area contributed by atoms with Gasteiger partial charge in [-0.05, 0) is 32.8 Å². The van der Waals surface area contributed by atoms with Crippen molar-refractivity contribution in [3.8, 4) is 0 Å². The van der Waals surface area contributed by atoms with Gasteiger partial charge in [-0.25, -0.2) is 0 Å². The van der Waals surface area contributed by atoms with Crippen LogP contribution in [0.25, 0.3) is 0 Å². The largest absolute Gasteiger partial charge is 0.383 e. The Morgan fingerprint density at radius 1 is 1.30 bits per heavy atom. The van der Waals surface area contributed by atoms with E-state index in [0.29, 0.717) is 6.04 Å². The first kappa shape index (κ1) is 17.2. The molecule has 0 fully saturated rings. The first-order chi connectivity index (χ1) is 9.51. The molecule has 0 aliphatic heterocycles. The number of ether oxygens (including phenoxy) is 1. The Bertz CT molecular complexity index is 392. The van der Waals surface area contributed by atoms with E-state index >= 15 is 0 Å². The van der Waals surface area contributed by atoms with Crippen LogP contribution in [0.1, 0.15) is 44.4 Å². The summed E-state index contributed by atoms with van der Waals surface area (Å²) < 4.78 is 5.27. The summed E-state index contributed by atoms with van der Waals surface area (Å²) in [5.41, 5.74) is 8.89. The molecule has 3 nitrogen and oxygen atoms in total. The standard InChI is InChI=1S/C17H30N2O/c1-6-14(3)19(10-11-20-5)17(15(4)18)16-9-7-8-13(2)12-16/h7-9,12,14-15,17H,6,10-11,18H2,1-5H3. The third-order valence-electron chi connectivity index (χ3n) is 3.95. The summed E-state index contributed by atoms with van der Waals surface area (Å²) >= 11 is 0. The minimum Gasteiger partial charge on any atom is -0.383 e. The summed E-state index contributed by atoms with van der Waals surface area (Å²) in [4.78, 5) is 2.48. The molecule has 3 heteroatoms. The van der Waals surface area contributed by atoms with Crippen molar-refractivity contribution in [3.05, 3.63) is 35.4 Å². The van der Waals surface area contributed by atoms with Crippen molar-refractivity contribution in [3.63, 3.8) is 0 Å². The zero-order chi connectivity index (χ0) is 15.1. The number of aryl methyl sites for hydroxylation is 1. The number of hydrogen-bond acceptors (Lipinski definition) is 3. The van der Waals surface area contributed by atoms with E-state index in [4.69, 9.17) is 10.5 Å². The molecule has 0 radical (unpaired) electrons. The summed E-state index contributed by atoms with van der Waals surface area (Å²) in [5.74, 6) is 0. The van der Waals surface area contributed by atoms with E-state index < -0.39 is 0 Å². The minimum absolute atomic E-state index is 0.0858. The van der Waals surface area contributed by atoms with Gasteiger partial charge in [0, 0.05) is 31.8 Å². The van der Waals surface area contributed by atoms with Crippen LogP contribution in [0.4, 0.5) is 0 Å². The van der Waals surface area contributed by atoms with Crippen molar-refractivity contribution in [1.82, 2.24) is 4.90 Å². The zero-order valence-corrected chi connectivity index (χ0v) is 13.6. The molecule has 0 spiro atoms. The number of rotatable bonds is 8. The van der Waals surface area contributed by atoms with Crippen LogP contribution in [-0.4, -0.2) is 37.2 Å². The molecule has 0 saturated heterocycles. The van der Waals surface area contributed by atoms with E-state index in [9.17, 15) is 0 Å². The number of nitrogens with two attached hydrogens (primary N) is 1. The molecule has 0 saturated carbocycles. The highest BCUT2D eigenvalue weighted by Crippen LogP contribution is 2.27. The van der Waals surface area contributed by atoms with Crippen LogP contribution in [0.5, 0.6) is 0 Å². The van der Waals surface area contributed by atoms with Gasteiger partial charge in [-0.2, -0.15) is 0 Å². The Labute approximate surface area is 124 Å². The van der Waals surface area contributed by atoms with E-state index in [1.807, 2.05) is 0 Å². The second kappa shape index (κ2) is 8.40. The van der Waals surface area contributed by atoms with Gasteiger partial charge in [-0.3, -0.25) is 4.90 Å². The highest BCUT2D eigenvalue weighted by Gasteiger charge is 2.27. The fourth-order valence-electron chi connectivity index (χ4n) is 2.72. The van der Waals surface area contributed by atoms with Gasteiger partial charge in [0.2, 0.25) is 0 Å². The van der Waals surface area contributed by atoms with Crippen LogP contribution >= 0.6 is 0 Å². The second-order valence-electron chi connectivity index (χ2n) is 5.71. The van der Waals surface area contributed by atoms with Gasteiger partial charge >= 0.3 is 0 Å². The average Bonchev–Trinajstić information content (AvgIpc) is 2.42.